The molecule has 0 spiro atoms. The molecule has 1 fully saturated rings. The Kier molecular flexibility index (Phi) is 6.71. The monoisotopic (exact) mass is 491 g/mol. The molecule has 0 saturated carbocycles. The lowest BCUT2D eigenvalue weighted by Crippen LogP contribution is -2.41. The Morgan fingerprint density at radius 1 is 1.23 bits per heavy atom. The maximum atomic E-state index is 13.3. The van der Waals surface area contributed by atoms with Crippen LogP contribution in [0.2, 0.25) is 10.0 Å². The molecule has 0 radical (unpaired) electrons. The molecule has 0 N–H and O–H groups in total. The summed E-state index contributed by atoms with van der Waals surface area (Å²) in [7, 11) is -7.04. The first-order valence-corrected chi connectivity index (χ1v) is 13.3. The number of rotatable bonds is 6. The molecule has 1 aromatic heterocycles. The van der Waals surface area contributed by atoms with Crippen LogP contribution >= 0.6 is 23.2 Å². The van der Waals surface area contributed by atoms with Crippen LogP contribution in [0.3, 0.4) is 0 Å². The van der Waals surface area contributed by atoms with Gasteiger partial charge in [-0.1, -0.05) is 42.3 Å². The van der Waals surface area contributed by atoms with E-state index in [1.807, 2.05) is 0 Å². The molecule has 1 atom stereocenters. The van der Waals surface area contributed by atoms with Crippen LogP contribution in [0.4, 0.5) is 0 Å². The van der Waals surface area contributed by atoms with Gasteiger partial charge in [-0.15, -0.1) is 0 Å². The molecule has 1 aliphatic heterocycles. The number of nitrogens with zero attached hydrogens (tertiary/aromatic N) is 3. The van der Waals surface area contributed by atoms with E-state index in [0.29, 0.717) is 5.02 Å². The molecule has 30 heavy (non-hydrogen) atoms. The molecule has 3 rings (SSSR count). The van der Waals surface area contributed by atoms with Crippen LogP contribution in [0.25, 0.3) is 0 Å². The first-order chi connectivity index (χ1) is 14.0. The molecule has 0 bridgehead atoms. The molecule has 2 heterocycles. The average Bonchev–Trinajstić information content (AvgIpc) is 3.06. The summed E-state index contributed by atoms with van der Waals surface area (Å²) in [5.74, 6) is -1.12. The molecular formula is C18H19Cl2N3O5S2. The van der Waals surface area contributed by atoms with Crippen molar-refractivity contribution in [2.75, 3.05) is 17.3 Å². The number of hydrogen-bond acceptors (Lipinski definition) is 7. The predicted molar refractivity (Wildman–Crippen MR) is 113 cm³/mol. The van der Waals surface area contributed by atoms with Crippen molar-refractivity contribution in [3.05, 3.63) is 51.8 Å². The van der Waals surface area contributed by atoms with Crippen molar-refractivity contribution in [1.29, 1.82) is 0 Å². The van der Waals surface area contributed by atoms with Crippen LogP contribution in [0.1, 0.15) is 29.4 Å². The number of hydrogen-bond donors (Lipinski definition) is 0. The summed E-state index contributed by atoms with van der Waals surface area (Å²) >= 11 is 12.0. The molecule has 2 aromatic rings. The fourth-order valence-corrected chi connectivity index (χ4v) is 5.82. The Balaban J connectivity index is 2.01. The molecule has 1 saturated heterocycles. The summed E-state index contributed by atoms with van der Waals surface area (Å²) in [6.45, 7) is 1.53. The van der Waals surface area contributed by atoms with Crippen LogP contribution in [0.5, 0.6) is 0 Å². The summed E-state index contributed by atoms with van der Waals surface area (Å²) in [6, 6.07) is 6.18. The number of aromatic nitrogens is 2. The van der Waals surface area contributed by atoms with Gasteiger partial charge in [-0.05, 0) is 24.1 Å². The van der Waals surface area contributed by atoms with E-state index < -0.39 is 36.8 Å². The van der Waals surface area contributed by atoms with Crippen LogP contribution in [0.15, 0.2) is 35.6 Å². The van der Waals surface area contributed by atoms with Crippen LogP contribution < -0.4 is 0 Å². The minimum absolute atomic E-state index is 0.0327. The second kappa shape index (κ2) is 8.78. The van der Waals surface area contributed by atoms with Gasteiger partial charge in [0, 0.05) is 17.6 Å². The van der Waals surface area contributed by atoms with E-state index in [1.165, 1.54) is 11.8 Å². The smallest absolute Gasteiger partial charge is 0.274 e. The van der Waals surface area contributed by atoms with Crippen molar-refractivity contribution >= 4 is 48.8 Å². The Morgan fingerprint density at radius 3 is 2.47 bits per heavy atom. The number of carbonyl (C=O) groups excluding carboxylic acids is 1. The highest BCUT2D eigenvalue weighted by atomic mass is 35.5. The van der Waals surface area contributed by atoms with E-state index in [9.17, 15) is 21.6 Å². The minimum Gasteiger partial charge on any atom is -0.329 e. The Morgan fingerprint density at radius 2 is 1.90 bits per heavy atom. The lowest BCUT2D eigenvalue weighted by molar-refractivity contribution is 0.0674. The molecular weight excluding hydrogens is 473 g/mol. The number of benzene rings is 1. The molecule has 12 heteroatoms. The third kappa shape index (κ3) is 5.11. The van der Waals surface area contributed by atoms with Gasteiger partial charge in [0.2, 0.25) is 15.0 Å². The maximum Gasteiger partial charge on any atom is 0.274 e. The fourth-order valence-electron chi connectivity index (χ4n) is 3.09. The van der Waals surface area contributed by atoms with Crippen molar-refractivity contribution in [1.82, 2.24) is 14.9 Å². The van der Waals surface area contributed by atoms with Gasteiger partial charge in [0.1, 0.15) is 0 Å². The molecule has 0 unspecified atom stereocenters. The zero-order valence-corrected chi connectivity index (χ0v) is 19.1. The molecule has 0 aliphatic carbocycles. The first-order valence-electron chi connectivity index (χ1n) is 9.03. The summed E-state index contributed by atoms with van der Waals surface area (Å²) in [5.41, 5.74) is 0.445. The van der Waals surface area contributed by atoms with Gasteiger partial charge in [0.25, 0.3) is 5.91 Å². The number of sulfone groups is 2. The zero-order valence-electron chi connectivity index (χ0n) is 16.0. The van der Waals surface area contributed by atoms with E-state index in [4.69, 9.17) is 23.2 Å². The van der Waals surface area contributed by atoms with Gasteiger partial charge in [0.05, 0.1) is 28.5 Å². The molecule has 1 amide bonds. The van der Waals surface area contributed by atoms with E-state index in [1.54, 1.807) is 24.3 Å². The summed E-state index contributed by atoms with van der Waals surface area (Å²) in [5, 5.41) is -0.0893. The lowest BCUT2D eigenvalue weighted by Gasteiger charge is -2.28. The number of amides is 1. The third-order valence-electron chi connectivity index (χ3n) is 4.76. The van der Waals surface area contributed by atoms with Gasteiger partial charge >= 0.3 is 0 Å². The quantitative estimate of drug-likeness (QED) is 0.569. The molecule has 1 aromatic carbocycles. The van der Waals surface area contributed by atoms with E-state index in [0.717, 1.165) is 11.8 Å². The maximum absolute atomic E-state index is 13.3. The molecule has 162 valence electrons. The minimum atomic E-state index is -3.76. The second-order valence-electron chi connectivity index (χ2n) is 6.87. The van der Waals surface area contributed by atoms with Crippen molar-refractivity contribution in [3.8, 4) is 0 Å². The third-order valence-corrected chi connectivity index (χ3v) is 8.55. The first kappa shape index (κ1) is 22.9. The van der Waals surface area contributed by atoms with E-state index in [-0.39, 0.29) is 40.9 Å². The standard InChI is InChI=1S/C18H19Cl2N3O5S2/c1-2-30(27,28)18-21-9-15(20)16(22-18)17(24)23(14-7-8-29(25,26)11-14)10-12-3-5-13(19)6-4-12/h3-6,9,14H,2,7-8,10-11H2,1H3/t14-/m0/s1. The topological polar surface area (TPSA) is 114 Å². The highest BCUT2D eigenvalue weighted by Crippen LogP contribution is 2.25. The summed E-state index contributed by atoms with van der Waals surface area (Å²) < 4.78 is 48.3. The van der Waals surface area contributed by atoms with Gasteiger partial charge in [-0.3, -0.25) is 4.79 Å². The van der Waals surface area contributed by atoms with Crippen molar-refractivity contribution in [2.45, 2.75) is 31.1 Å². The second-order valence-corrected chi connectivity index (χ2v) is 12.1. The highest BCUT2D eigenvalue weighted by Gasteiger charge is 2.36. The Labute approximate surface area is 185 Å². The fraction of sp³-hybridized carbons (Fsp3) is 0.389. The normalized spacial score (nSPS) is 18.3. The van der Waals surface area contributed by atoms with Crippen LogP contribution in [-0.4, -0.2) is 60.9 Å². The van der Waals surface area contributed by atoms with Crippen LogP contribution in [-0.2, 0) is 26.2 Å². The SMILES string of the molecule is CCS(=O)(=O)c1ncc(Cl)c(C(=O)N(Cc2ccc(Cl)cc2)[C@H]2CCS(=O)(=O)C2)n1. The molecule has 8 nitrogen and oxygen atoms in total. The van der Waals surface area contributed by atoms with Gasteiger partial charge < -0.3 is 4.90 Å². The predicted octanol–water partition coefficient (Wildman–Crippen LogP) is 2.41. The Hall–Kier alpha value is -1.75. The number of halogens is 2. The van der Waals surface area contributed by atoms with E-state index in [2.05, 4.69) is 9.97 Å². The number of carbonyl (C=O) groups is 1. The average molecular weight is 492 g/mol. The van der Waals surface area contributed by atoms with Crippen molar-refractivity contribution < 1.29 is 21.6 Å². The van der Waals surface area contributed by atoms with Crippen molar-refractivity contribution in [2.24, 2.45) is 0 Å². The lowest BCUT2D eigenvalue weighted by atomic mass is 10.1. The van der Waals surface area contributed by atoms with Gasteiger partial charge in [-0.2, -0.15) is 0 Å². The molecule has 1 aliphatic rings. The van der Waals surface area contributed by atoms with E-state index >= 15 is 0 Å². The van der Waals surface area contributed by atoms with Crippen molar-refractivity contribution in [3.63, 3.8) is 0 Å². The van der Waals surface area contributed by atoms with Gasteiger partial charge in [0.15, 0.2) is 15.5 Å². The summed E-state index contributed by atoms with van der Waals surface area (Å²) in [6.07, 6.45) is 1.33. The van der Waals surface area contributed by atoms with Gasteiger partial charge in [-0.25, -0.2) is 26.8 Å². The zero-order chi connectivity index (χ0) is 22.1. The summed E-state index contributed by atoms with van der Waals surface area (Å²) in [4.78, 5) is 22.3. The van der Waals surface area contributed by atoms with Crippen LogP contribution in [0, 0.1) is 0 Å². The largest absolute Gasteiger partial charge is 0.329 e. The highest BCUT2D eigenvalue weighted by molar-refractivity contribution is 7.91. The Bertz CT molecular complexity index is 1170.